The normalized spacial score (nSPS) is 14.8. The number of allylic oxidation sites excluding steroid dienone is 18. The molecule has 0 aliphatic rings. The summed E-state index contributed by atoms with van der Waals surface area (Å²) in [5, 5.41) is 20.6. The Kier molecular flexibility index (Phi) is 63.5. The fourth-order valence-corrected chi connectivity index (χ4v) is 10.7. The monoisotopic (exact) mass is 1320 g/mol. The van der Waals surface area contributed by atoms with E-state index < -0.39 is 91.5 Å². The van der Waals surface area contributed by atoms with Gasteiger partial charge in [-0.05, 0) is 128 Å². The van der Waals surface area contributed by atoms with E-state index in [-0.39, 0.29) is 19.3 Å². The van der Waals surface area contributed by atoms with Crippen molar-refractivity contribution in [2.24, 2.45) is 0 Å². The molecule has 0 fully saturated rings. The smallest absolute Gasteiger partial charge is 0.463 e. The molecule has 0 aliphatic carbocycles. The third-order valence-corrected chi connectivity index (χ3v) is 16.4. The first-order chi connectivity index (χ1) is 44.2. The summed E-state index contributed by atoms with van der Waals surface area (Å²) in [7, 11) is -9.79. The maximum atomic E-state index is 12.9. The topological polar surface area (TPSA) is 231 Å². The maximum absolute atomic E-state index is 12.9. The summed E-state index contributed by atoms with van der Waals surface area (Å²) in [6.07, 6.45) is 74.3. The van der Waals surface area contributed by atoms with Crippen molar-refractivity contribution >= 4 is 33.6 Å². The summed E-state index contributed by atoms with van der Waals surface area (Å²) in [6, 6.07) is 0. The van der Waals surface area contributed by atoms with Gasteiger partial charge in [0.25, 0.3) is 0 Å². The Morgan fingerprint density at radius 2 is 0.582 bits per heavy atom. The molecule has 18 heteroatoms. The molecular weight excluding hydrogens is 1190 g/mol. The number of unbranched alkanes of at least 4 members (excludes halogenated alkanes) is 25. The average Bonchev–Trinajstić information content (AvgIpc) is 3.75. The van der Waals surface area contributed by atoms with Crippen molar-refractivity contribution in [3.63, 3.8) is 0 Å². The zero-order chi connectivity index (χ0) is 66.7. The highest BCUT2D eigenvalue weighted by Gasteiger charge is 2.29. The zero-order valence-corrected chi connectivity index (χ0v) is 58.5. The summed E-state index contributed by atoms with van der Waals surface area (Å²) in [6.45, 7) is 2.46. The van der Waals surface area contributed by atoms with Crippen LogP contribution in [0.4, 0.5) is 0 Å². The Labute approximate surface area is 551 Å². The number of hydrogen-bond donors (Lipinski definition) is 4. The molecule has 0 aromatic carbocycles. The van der Waals surface area contributed by atoms with E-state index in [9.17, 15) is 43.5 Å². The van der Waals surface area contributed by atoms with Crippen LogP contribution in [0, 0.1) is 0 Å². The second-order valence-electron chi connectivity index (χ2n) is 23.3. The fraction of sp³-hybridized carbons (Fsp3) is 0.712. The van der Waals surface area contributed by atoms with Gasteiger partial charge in [0, 0.05) is 19.3 Å². The lowest BCUT2D eigenvalue weighted by Gasteiger charge is -2.21. The molecule has 0 aromatic heterocycles. The Morgan fingerprint density at radius 3 is 0.956 bits per heavy atom. The number of hydrogen-bond acceptors (Lipinski definition) is 14. The van der Waals surface area contributed by atoms with Gasteiger partial charge in [-0.3, -0.25) is 32.5 Å². The van der Waals surface area contributed by atoms with Gasteiger partial charge in [0.15, 0.2) is 6.10 Å². The van der Waals surface area contributed by atoms with Gasteiger partial charge in [0.1, 0.15) is 25.4 Å². The van der Waals surface area contributed by atoms with Crippen LogP contribution in [0.3, 0.4) is 0 Å². The lowest BCUT2D eigenvalue weighted by molar-refractivity contribution is -0.161. The predicted octanol–water partition coefficient (Wildman–Crippen LogP) is 19.6. The number of phosphoric ester groups is 2. The lowest BCUT2D eigenvalue weighted by atomic mass is 10.1. The third kappa shape index (κ3) is 67.4. The minimum atomic E-state index is -4.93. The molecule has 0 radical (unpaired) electrons. The van der Waals surface area contributed by atoms with Crippen molar-refractivity contribution in [2.75, 3.05) is 39.6 Å². The summed E-state index contributed by atoms with van der Waals surface area (Å²) >= 11 is 0. The van der Waals surface area contributed by atoms with E-state index in [0.29, 0.717) is 19.3 Å². The maximum Gasteiger partial charge on any atom is 0.472 e. The number of carbonyl (C=O) groups is 3. The molecule has 0 saturated heterocycles. The first kappa shape index (κ1) is 87.2. The van der Waals surface area contributed by atoms with Gasteiger partial charge in [-0.1, -0.05) is 239 Å². The summed E-state index contributed by atoms with van der Waals surface area (Å²) in [5.41, 5.74) is 0. The Morgan fingerprint density at radius 1 is 0.319 bits per heavy atom. The Hall–Kier alpha value is -3.79. The molecule has 16 nitrogen and oxygen atoms in total. The number of ether oxygens (including phenoxy) is 3. The fourth-order valence-electron chi connectivity index (χ4n) is 9.07. The quantitative estimate of drug-likeness (QED) is 0.0146. The van der Waals surface area contributed by atoms with E-state index in [4.69, 9.17) is 32.3 Å². The summed E-state index contributed by atoms with van der Waals surface area (Å²) < 4.78 is 60.9. The first-order valence-corrected chi connectivity index (χ1v) is 38.2. The average molecular weight is 1320 g/mol. The van der Waals surface area contributed by atoms with Crippen molar-refractivity contribution in [1.82, 2.24) is 0 Å². The van der Waals surface area contributed by atoms with Crippen LogP contribution in [-0.2, 0) is 55.8 Å². The van der Waals surface area contributed by atoms with Crippen LogP contribution in [0.15, 0.2) is 109 Å². The van der Waals surface area contributed by atoms with E-state index in [1.54, 1.807) is 0 Å². The van der Waals surface area contributed by atoms with Crippen LogP contribution in [0.1, 0.15) is 278 Å². The zero-order valence-electron chi connectivity index (χ0n) is 56.7. The first-order valence-electron chi connectivity index (χ1n) is 35.2. The van der Waals surface area contributed by atoms with Crippen molar-refractivity contribution in [3.05, 3.63) is 109 Å². The van der Waals surface area contributed by atoms with Crippen LogP contribution in [-0.4, -0.2) is 95.9 Å². The van der Waals surface area contributed by atoms with Crippen LogP contribution in [0.25, 0.3) is 0 Å². The van der Waals surface area contributed by atoms with E-state index >= 15 is 0 Å². The number of aliphatic hydroxyl groups excluding tert-OH is 2. The molecule has 0 saturated carbocycles. The summed E-state index contributed by atoms with van der Waals surface area (Å²) in [5.74, 6) is -1.62. The van der Waals surface area contributed by atoms with E-state index in [0.717, 1.165) is 141 Å². The highest BCUT2D eigenvalue weighted by atomic mass is 31.2. The van der Waals surface area contributed by atoms with Crippen LogP contribution < -0.4 is 0 Å². The van der Waals surface area contributed by atoms with Gasteiger partial charge in [-0.25, -0.2) is 9.13 Å². The largest absolute Gasteiger partial charge is 0.472 e. The number of phosphoric acid groups is 2. The summed E-state index contributed by atoms with van der Waals surface area (Å²) in [4.78, 5) is 58.4. The Balaban J connectivity index is 4.57. The molecule has 0 aliphatic heterocycles. The van der Waals surface area contributed by atoms with Gasteiger partial charge in [0.05, 0.1) is 26.4 Å². The number of aliphatic hydroxyl groups is 2. The molecule has 524 valence electrons. The number of esters is 3. The molecule has 0 bridgehead atoms. The molecule has 91 heavy (non-hydrogen) atoms. The molecule has 0 spiro atoms. The highest BCUT2D eigenvalue weighted by Crippen LogP contribution is 2.45. The third-order valence-electron chi connectivity index (χ3n) is 14.5. The van der Waals surface area contributed by atoms with Crippen molar-refractivity contribution in [1.29, 1.82) is 0 Å². The van der Waals surface area contributed by atoms with E-state index in [1.165, 1.54) is 77.0 Å². The van der Waals surface area contributed by atoms with Crippen molar-refractivity contribution in [2.45, 2.75) is 296 Å². The number of carbonyl (C=O) groups excluding carboxylic acids is 3. The van der Waals surface area contributed by atoms with Gasteiger partial charge < -0.3 is 34.2 Å². The van der Waals surface area contributed by atoms with E-state index in [1.807, 2.05) is 0 Å². The molecule has 5 unspecified atom stereocenters. The minimum Gasteiger partial charge on any atom is -0.463 e. The lowest BCUT2D eigenvalue weighted by Crippen LogP contribution is -2.30. The molecular formula is C73H126O16P2. The van der Waals surface area contributed by atoms with Crippen molar-refractivity contribution < 1.29 is 75.8 Å². The highest BCUT2D eigenvalue weighted by molar-refractivity contribution is 7.47. The van der Waals surface area contributed by atoms with Gasteiger partial charge >= 0.3 is 33.6 Å². The van der Waals surface area contributed by atoms with Crippen LogP contribution in [0.2, 0.25) is 0 Å². The second-order valence-corrected chi connectivity index (χ2v) is 26.2. The van der Waals surface area contributed by atoms with Crippen LogP contribution in [0.5, 0.6) is 0 Å². The number of rotatable bonds is 66. The Bertz CT molecular complexity index is 2100. The van der Waals surface area contributed by atoms with Crippen LogP contribution >= 0.6 is 15.6 Å². The minimum absolute atomic E-state index is 0.0872. The molecule has 0 aromatic rings. The predicted molar refractivity (Wildman–Crippen MR) is 371 cm³/mol. The van der Waals surface area contributed by atoms with E-state index in [2.05, 4.69) is 130 Å². The van der Waals surface area contributed by atoms with Gasteiger partial charge in [-0.2, -0.15) is 0 Å². The van der Waals surface area contributed by atoms with Crippen molar-refractivity contribution in [3.8, 4) is 0 Å². The standard InChI is InChI=1S/C73H126O16P2/c1-4-7-10-13-16-19-22-25-27-29-30-31-32-33-34-35-36-38-40-42-44-47-50-53-56-59-71(76)83-62-68(74)63-85-90(79,80)86-64-69(75)65-87-91(81,82)88-67-70(89-73(78)61-58-55-52-49-46-41-24-21-18-15-12-9-6-3)66-84-72(77)60-57-54-51-48-45-43-39-37-28-26-23-20-17-14-11-8-5-2/h8,11,16-17,19-21,24-28,30-31,33-34,39,43,68-70,74-75H,4-7,9-10,12-15,18,22-23,29,32,35-38,40-42,44-67H2,1-3H3,(H,79,80)(H,81,82)/b11-8-,19-16-,20-17-,24-21-,27-25-,28-26-,31-30-,34-33-,43-39-. The SMILES string of the molecule is CC/C=C\C/C=C\C/C=C\C/C=C\CCCCCCC(=O)OCC(COP(=O)(O)OCC(O)COP(=O)(O)OCC(O)COC(=O)CCCCCCCCCCC/C=C\C/C=C\C/C=C\C/C=C\CCCCC)OC(=O)CCCCCCC/C=C\CCCCCC. The molecule has 0 heterocycles. The second kappa shape index (κ2) is 66.2. The van der Waals surface area contributed by atoms with Gasteiger partial charge in [-0.15, -0.1) is 0 Å². The van der Waals surface area contributed by atoms with Gasteiger partial charge in [0.2, 0.25) is 0 Å². The molecule has 5 atom stereocenters. The molecule has 0 rings (SSSR count). The molecule has 0 amide bonds. The molecule has 4 N–H and O–H groups in total.